The summed E-state index contributed by atoms with van der Waals surface area (Å²) < 4.78 is 22.7. The molecule has 2 aromatic heterocycles. The monoisotopic (exact) mass is 487 g/mol. The van der Waals surface area contributed by atoms with Crippen LogP contribution in [-0.4, -0.2) is 42.5 Å². The van der Waals surface area contributed by atoms with Gasteiger partial charge in [-0.05, 0) is 48.5 Å². The molecular formula is C27H25N3O6. The number of nitrogens with zero attached hydrogens (tertiary/aromatic N) is 2. The van der Waals surface area contributed by atoms with Crippen LogP contribution >= 0.6 is 0 Å². The van der Waals surface area contributed by atoms with Crippen LogP contribution in [0.3, 0.4) is 0 Å². The summed E-state index contributed by atoms with van der Waals surface area (Å²) in [5.41, 5.74) is 2.92. The summed E-state index contributed by atoms with van der Waals surface area (Å²) in [5.74, 6) is 0.659. The number of carbonyl (C=O) groups excluding carboxylic acids is 2. The van der Waals surface area contributed by atoms with Crippen molar-refractivity contribution in [1.29, 1.82) is 0 Å². The Morgan fingerprint density at radius 3 is 2.56 bits per heavy atom. The molecule has 0 saturated carbocycles. The molecule has 2 heterocycles. The van der Waals surface area contributed by atoms with Crippen molar-refractivity contribution in [3.63, 3.8) is 0 Å². The minimum atomic E-state index is -0.658. The Bertz CT molecular complexity index is 1340. The van der Waals surface area contributed by atoms with Crippen LogP contribution in [0.1, 0.15) is 11.3 Å². The van der Waals surface area contributed by atoms with E-state index in [-0.39, 0.29) is 6.54 Å². The van der Waals surface area contributed by atoms with E-state index in [1.165, 1.54) is 12.3 Å². The molecular weight excluding hydrogens is 462 g/mol. The van der Waals surface area contributed by atoms with E-state index < -0.39 is 18.5 Å². The molecule has 0 spiro atoms. The molecule has 36 heavy (non-hydrogen) atoms. The van der Waals surface area contributed by atoms with Gasteiger partial charge in [0.2, 0.25) is 0 Å². The largest absolute Gasteiger partial charge is 0.493 e. The van der Waals surface area contributed by atoms with Gasteiger partial charge >= 0.3 is 5.97 Å². The predicted molar refractivity (Wildman–Crippen MR) is 133 cm³/mol. The van der Waals surface area contributed by atoms with Crippen molar-refractivity contribution in [1.82, 2.24) is 15.1 Å². The van der Waals surface area contributed by atoms with Gasteiger partial charge in [0.25, 0.3) is 5.91 Å². The maximum atomic E-state index is 12.3. The molecule has 4 aromatic rings. The number of aromatic nitrogens is 2. The molecule has 0 fully saturated rings. The molecule has 9 heteroatoms. The first-order valence-corrected chi connectivity index (χ1v) is 11.1. The summed E-state index contributed by atoms with van der Waals surface area (Å²) in [5, 5.41) is 7.34. The average Bonchev–Trinajstić information content (AvgIpc) is 3.60. The van der Waals surface area contributed by atoms with Gasteiger partial charge < -0.3 is 23.9 Å². The minimum absolute atomic E-state index is 0.215. The van der Waals surface area contributed by atoms with Gasteiger partial charge in [-0.3, -0.25) is 4.79 Å². The first-order chi connectivity index (χ1) is 17.6. The van der Waals surface area contributed by atoms with E-state index >= 15 is 0 Å². The molecule has 0 aliphatic heterocycles. The maximum absolute atomic E-state index is 12.3. The Labute approximate surface area is 207 Å². The number of benzene rings is 2. The van der Waals surface area contributed by atoms with Gasteiger partial charge in [-0.15, -0.1) is 0 Å². The van der Waals surface area contributed by atoms with Gasteiger partial charge in [0, 0.05) is 23.4 Å². The number of carbonyl (C=O) groups is 2. The second kappa shape index (κ2) is 11.6. The zero-order valence-electron chi connectivity index (χ0n) is 19.8. The van der Waals surface area contributed by atoms with Crippen molar-refractivity contribution in [2.75, 3.05) is 20.8 Å². The smallest absolute Gasteiger partial charge is 0.331 e. The normalized spacial score (nSPS) is 10.8. The van der Waals surface area contributed by atoms with E-state index in [9.17, 15) is 9.59 Å². The van der Waals surface area contributed by atoms with E-state index in [1.807, 2.05) is 42.5 Å². The lowest BCUT2D eigenvalue weighted by atomic mass is 10.1. The van der Waals surface area contributed by atoms with Crippen molar-refractivity contribution in [2.24, 2.45) is 0 Å². The lowest BCUT2D eigenvalue weighted by molar-refractivity contribution is -0.143. The third-order valence-corrected chi connectivity index (χ3v) is 5.20. The molecule has 2 aromatic carbocycles. The summed E-state index contributed by atoms with van der Waals surface area (Å²) in [7, 11) is 3.13. The third kappa shape index (κ3) is 6.01. The molecule has 0 aliphatic rings. The van der Waals surface area contributed by atoms with Gasteiger partial charge in [-0.1, -0.05) is 18.2 Å². The highest BCUT2D eigenvalue weighted by molar-refractivity contribution is 5.90. The van der Waals surface area contributed by atoms with Crippen LogP contribution in [0, 0.1) is 0 Å². The Balaban J connectivity index is 1.51. The third-order valence-electron chi connectivity index (χ3n) is 5.20. The quantitative estimate of drug-likeness (QED) is 0.266. The lowest BCUT2D eigenvalue weighted by Gasteiger charge is -2.09. The fraction of sp³-hybridized carbons (Fsp3) is 0.148. The topological polar surface area (TPSA) is 105 Å². The molecule has 0 atom stereocenters. The molecule has 4 rings (SSSR count). The van der Waals surface area contributed by atoms with E-state index in [2.05, 4.69) is 5.32 Å². The Morgan fingerprint density at radius 2 is 1.83 bits per heavy atom. The molecule has 184 valence electrons. The SMILES string of the molecule is COc1ccc(-c2nn(-c3ccccc3)cc2C=CC(=O)OCC(=O)NCc2ccco2)cc1OC. The van der Waals surface area contributed by atoms with Crippen LogP contribution in [0.5, 0.6) is 11.5 Å². The lowest BCUT2D eigenvalue weighted by Crippen LogP contribution is -2.27. The Kier molecular flexibility index (Phi) is 7.82. The number of esters is 1. The van der Waals surface area contributed by atoms with Crippen molar-refractivity contribution >= 4 is 18.0 Å². The number of rotatable bonds is 10. The highest BCUT2D eigenvalue weighted by atomic mass is 16.5. The van der Waals surface area contributed by atoms with Crippen LogP contribution in [-0.2, 0) is 20.9 Å². The first kappa shape index (κ1) is 24.3. The van der Waals surface area contributed by atoms with Gasteiger partial charge in [-0.25, -0.2) is 9.48 Å². The first-order valence-electron chi connectivity index (χ1n) is 11.1. The number of methoxy groups -OCH3 is 2. The number of hydrogen-bond acceptors (Lipinski definition) is 7. The standard InChI is InChI=1S/C27H25N3O6/c1-33-23-12-10-19(15-24(23)34-2)27-20(17-30(29-27)21-7-4-3-5-8-21)11-13-26(32)36-18-25(31)28-16-22-9-6-14-35-22/h3-15,17H,16,18H2,1-2H3,(H,28,31). The van der Waals surface area contributed by atoms with E-state index in [4.69, 9.17) is 23.7 Å². The fourth-order valence-corrected chi connectivity index (χ4v) is 3.42. The molecule has 0 radical (unpaired) electrons. The number of furan rings is 1. The number of nitrogens with one attached hydrogen (secondary N) is 1. The summed E-state index contributed by atoms with van der Waals surface area (Å²) in [6.45, 7) is -0.192. The van der Waals surface area contributed by atoms with Crippen LogP contribution < -0.4 is 14.8 Å². The molecule has 0 saturated heterocycles. The predicted octanol–water partition coefficient (Wildman–Crippen LogP) is 4.02. The minimum Gasteiger partial charge on any atom is -0.493 e. The van der Waals surface area contributed by atoms with E-state index in [1.54, 1.807) is 49.4 Å². The molecule has 1 N–H and O–H groups in total. The Hall–Kier alpha value is -4.79. The summed E-state index contributed by atoms with van der Waals surface area (Å²) in [4.78, 5) is 24.2. The van der Waals surface area contributed by atoms with Crippen LogP contribution in [0.2, 0.25) is 0 Å². The van der Waals surface area contributed by atoms with Crippen molar-refractivity contribution in [3.05, 3.63) is 90.5 Å². The van der Waals surface area contributed by atoms with Crippen molar-refractivity contribution in [2.45, 2.75) is 6.54 Å². The summed E-state index contributed by atoms with van der Waals surface area (Å²) >= 11 is 0. The molecule has 0 bridgehead atoms. The fourth-order valence-electron chi connectivity index (χ4n) is 3.42. The Morgan fingerprint density at radius 1 is 1.03 bits per heavy atom. The average molecular weight is 488 g/mol. The van der Waals surface area contributed by atoms with Crippen LogP contribution in [0.15, 0.2) is 83.6 Å². The number of amides is 1. The van der Waals surface area contributed by atoms with Gasteiger partial charge in [0.15, 0.2) is 18.1 Å². The van der Waals surface area contributed by atoms with Gasteiger partial charge in [-0.2, -0.15) is 5.10 Å². The molecule has 1 amide bonds. The van der Waals surface area contributed by atoms with Gasteiger partial charge in [0.1, 0.15) is 11.5 Å². The highest BCUT2D eigenvalue weighted by Crippen LogP contribution is 2.33. The van der Waals surface area contributed by atoms with E-state index in [0.717, 1.165) is 11.3 Å². The van der Waals surface area contributed by atoms with Gasteiger partial charge in [0.05, 0.1) is 32.7 Å². The number of para-hydroxylation sites is 1. The summed E-state index contributed by atoms with van der Waals surface area (Å²) in [6.07, 6.45) is 6.18. The second-order valence-electron chi connectivity index (χ2n) is 7.58. The van der Waals surface area contributed by atoms with E-state index in [0.29, 0.717) is 28.5 Å². The number of hydrogen-bond donors (Lipinski definition) is 1. The van der Waals surface area contributed by atoms with Crippen LogP contribution in [0.4, 0.5) is 0 Å². The molecule has 0 unspecified atom stereocenters. The maximum Gasteiger partial charge on any atom is 0.331 e. The van der Waals surface area contributed by atoms with Crippen LogP contribution in [0.25, 0.3) is 23.0 Å². The molecule has 9 nitrogen and oxygen atoms in total. The van der Waals surface area contributed by atoms with Crippen molar-refractivity contribution < 1.29 is 28.2 Å². The second-order valence-corrected chi connectivity index (χ2v) is 7.58. The zero-order chi connectivity index (χ0) is 25.3. The highest BCUT2D eigenvalue weighted by Gasteiger charge is 2.14. The number of ether oxygens (including phenoxy) is 3. The zero-order valence-corrected chi connectivity index (χ0v) is 19.8. The summed E-state index contributed by atoms with van der Waals surface area (Å²) in [6, 6.07) is 18.5. The van der Waals surface area contributed by atoms with Crippen molar-refractivity contribution in [3.8, 4) is 28.4 Å². The molecule has 0 aliphatic carbocycles.